The van der Waals surface area contributed by atoms with Crippen molar-refractivity contribution in [2.24, 2.45) is 0 Å². The number of ether oxygens (including phenoxy) is 1. The van der Waals surface area contributed by atoms with Crippen LogP contribution < -0.4 is 15.4 Å². The van der Waals surface area contributed by atoms with Crippen molar-refractivity contribution in [1.82, 2.24) is 10.6 Å². The van der Waals surface area contributed by atoms with Gasteiger partial charge in [0.25, 0.3) is 11.8 Å². The van der Waals surface area contributed by atoms with Crippen LogP contribution in [0.5, 0.6) is 5.75 Å². The van der Waals surface area contributed by atoms with Crippen LogP contribution in [0, 0.1) is 0 Å². The highest BCUT2D eigenvalue weighted by molar-refractivity contribution is 6.02. The molecule has 4 rings (SSSR count). The Morgan fingerprint density at radius 2 is 1.70 bits per heavy atom. The van der Waals surface area contributed by atoms with Crippen molar-refractivity contribution in [3.63, 3.8) is 0 Å². The number of hydrogen-bond acceptors (Lipinski definition) is 4. The van der Waals surface area contributed by atoms with E-state index in [1.54, 1.807) is 12.1 Å². The standard InChI is InChI=1S/C15H18N2O4.C6H6/c1-16-15(20)12-6-9(14(19)17-10-2-3-10)4-8-5-11(7-18)21-13(8)12;1-2-4-6-5-3-1/h4,6,10-11,18H,2-3,5,7H2,1H3,(H,16,20)(H,17,19);1-6H. The van der Waals surface area contributed by atoms with Crippen LogP contribution in [0.15, 0.2) is 48.5 Å². The SMILES string of the molecule is CNC(=O)c1cc(C(=O)NC2CC2)cc2c1OC(CO)C2.c1ccccc1. The molecule has 1 heterocycles. The average Bonchev–Trinajstić information content (AvgIpc) is 3.43. The van der Waals surface area contributed by atoms with E-state index < -0.39 is 0 Å². The second-order valence-corrected chi connectivity index (χ2v) is 6.62. The van der Waals surface area contributed by atoms with E-state index in [4.69, 9.17) is 4.74 Å². The summed E-state index contributed by atoms with van der Waals surface area (Å²) in [6.07, 6.45) is 2.16. The lowest BCUT2D eigenvalue weighted by Gasteiger charge is -2.11. The third-order valence-corrected chi connectivity index (χ3v) is 4.41. The molecule has 0 saturated heterocycles. The number of aliphatic hydroxyl groups is 1. The van der Waals surface area contributed by atoms with Gasteiger partial charge in [-0.2, -0.15) is 0 Å². The number of benzene rings is 2. The molecule has 2 aliphatic rings. The number of carbonyl (C=O) groups excluding carboxylic acids is 2. The van der Waals surface area contributed by atoms with Crippen LogP contribution in [0.4, 0.5) is 0 Å². The molecule has 1 aliphatic carbocycles. The van der Waals surface area contributed by atoms with E-state index in [0.717, 1.165) is 18.4 Å². The molecule has 1 unspecified atom stereocenters. The lowest BCUT2D eigenvalue weighted by molar-refractivity contribution is 0.0950. The van der Waals surface area contributed by atoms with Crippen LogP contribution >= 0.6 is 0 Å². The minimum absolute atomic E-state index is 0.120. The van der Waals surface area contributed by atoms with Gasteiger partial charge in [0.1, 0.15) is 11.9 Å². The fourth-order valence-corrected chi connectivity index (χ4v) is 2.85. The van der Waals surface area contributed by atoms with Gasteiger partial charge in [-0.05, 0) is 30.5 Å². The summed E-state index contributed by atoms with van der Waals surface area (Å²) < 4.78 is 5.60. The van der Waals surface area contributed by atoms with E-state index in [-0.39, 0.29) is 30.6 Å². The van der Waals surface area contributed by atoms with Crippen molar-refractivity contribution < 1.29 is 19.4 Å². The van der Waals surface area contributed by atoms with E-state index in [2.05, 4.69) is 10.6 Å². The topological polar surface area (TPSA) is 87.7 Å². The Bertz CT molecular complexity index is 777. The van der Waals surface area contributed by atoms with Gasteiger partial charge in [-0.25, -0.2) is 0 Å². The van der Waals surface area contributed by atoms with Crippen molar-refractivity contribution in [3.05, 3.63) is 65.2 Å². The number of hydrogen-bond donors (Lipinski definition) is 3. The van der Waals surface area contributed by atoms with Gasteiger partial charge in [0.05, 0.1) is 12.2 Å². The molecule has 0 spiro atoms. The van der Waals surface area contributed by atoms with Crippen molar-refractivity contribution in [2.45, 2.75) is 31.4 Å². The first kappa shape index (κ1) is 18.9. The summed E-state index contributed by atoms with van der Waals surface area (Å²) in [4.78, 5) is 24.2. The first-order valence-corrected chi connectivity index (χ1v) is 9.09. The predicted octanol–water partition coefficient (Wildman–Crippen LogP) is 1.92. The Balaban J connectivity index is 0.000000299. The van der Waals surface area contributed by atoms with Crippen LogP contribution in [-0.2, 0) is 6.42 Å². The third-order valence-electron chi connectivity index (χ3n) is 4.41. The van der Waals surface area contributed by atoms with Gasteiger partial charge >= 0.3 is 0 Å². The summed E-state index contributed by atoms with van der Waals surface area (Å²) in [6, 6.07) is 15.6. The number of fused-ring (bicyclic) bond motifs is 1. The minimum Gasteiger partial charge on any atom is -0.487 e. The quantitative estimate of drug-likeness (QED) is 0.769. The fraction of sp³-hybridized carbons (Fsp3) is 0.333. The highest BCUT2D eigenvalue weighted by Gasteiger charge is 2.30. The van der Waals surface area contributed by atoms with Crippen LogP contribution in [0.25, 0.3) is 0 Å². The van der Waals surface area contributed by atoms with E-state index in [1.165, 1.54) is 7.05 Å². The average molecular weight is 368 g/mol. The smallest absolute Gasteiger partial charge is 0.254 e. The predicted molar refractivity (Wildman–Crippen MR) is 102 cm³/mol. The number of carbonyl (C=O) groups is 2. The molecule has 3 N–H and O–H groups in total. The van der Waals surface area contributed by atoms with Crippen molar-refractivity contribution in [3.8, 4) is 5.75 Å². The Kier molecular flexibility index (Phi) is 6.08. The summed E-state index contributed by atoms with van der Waals surface area (Å²) in [5.74, 6) is 0.000171. The Morgan fingerprint density at radius 1 is 1.07 bits per heavy atom. The number of amides is 2. The highest BCUT2D eigenvalue weighted by Crippen LogP contribution is 2.34. The van der Waals surface area contributed by atoms with E-state index in [0.29, 0.717) is 23.3 Å². The summed E-state index contributed by atoms with van der Waals surface area (Å²) in [5.41, 5.74) is 1.59. The lowest BCUT2D eigenvalue weighted by atomic mass is 10.0. The van der Waals surface area contributed by atoms with Crippen molar-refractivity contribution >= 4 is 11.8 Å². The van der Waals surface area contributed by atoms with Gasteiger partial charge < -0.3 is 20.5 Å². The second kappa shape index (κ2) is 8.68. The summed E-state index contributed by atoms with van der Waals surface area (Å²) >= 11 is 0. The zero-order valence-corrected chi connectivity index (χ0v) is 15.3. The van der Waals surface area contributed by atoms with E-state index in [9.17, 15) is 14.7 Å². The molecule has 0 bridgehead atoms. The molecule has 27 heavy (non-hydrogen) atoms. The number of rotatable bonds is 4. The summed E-state index contributed by atoms with van der Waals surface area (Å²) in [6.45, 7) is -0.120. The third kappa shape index (κ3) is 4.86. The van der Waals surface area contributed by atoms with Gasteiger partial charge in [-0.15, -0.1) is 0 Å². The Morgan fingerprint density at radius 3 is 2.22 bits per heavy atom. The fourth-order valence-electron chi connectivity index (χ4n) is 2.85. The molecule has 0 radical (unpaired) electrons. The van der Waals surface area contributed by atoms with Gasteiger partial charge in [0.2, 0.25) is 0 Å². The molecule has 142 valence electrons. The van der Waals surface area contributed by atoms with E-state index in [1.807, 2.05) is 36.4 Å². The molecule has 1 aliphatic heterocycles. The van der Waals surface area contributed by atoms with Gasteiger partial charge in [0.15, 0.2) is 0 Å². The van der Waals surface area contributed by atoms with Gasteiger partial charge in [-0.3, -0.25) is 9.59 Å². The zero-order chi connectivity index (χ0) is 19.2. The van der Waals surface area contributed by atoms with Gasteiger partial charge in [0, 0.05) is 25.1 Å². The maximum atomic E-state index is 12.2. The van der Waals surface area contributed by atoms with Crippen molar-refractivity contribution in [1.29, 1.82) is 0 Å². The van der Waals surface area contributed by atoms with Crippen LogP contribution in [0.1, 0.15) is 39.1 Å². The van der Waals surface area contributed by atoms with Crippen LogP contribution in [-0.4, -0.2) is 42.7 Å². The number of nitrogens with one attached hydrogen (secondary N) is 2. The maximum Gasteiger partial charge on any atom is 0.254 e. The molecule has 2 amide bonds. The molecule has 1 atom stereocenters. The first-order chi connectivity index (χ1) is 13.1. The molecular formula is C21H24N2O4. The first-order valence-electron chi connectivity index (χ1n) is 9.09. The summed E-state index contributed by atoms with van der Waals surface area (Å²) in [7, 11) is 1.53. The largest absolute Gasteiger partial charge is 0.487 e. The Hall–Kier alpha value is -2.86. The molecule has 2 aromatic carbocycles. The second-order valence-electron chi connectivity index (χ2n) is 6.62. The summed E-state index contributed by atoms with van der Waals surface area (Å²) in [5, 5.41) is 14.7. The van der Waals surface area contributed by atoms with Crippen molar-refractivity contribution in [2.75, 3.05) is 13.7 Å². The van der Waals surface area contributed by atoms with E-state index >= 15 is 0 Å². The molecule has 6 heteroatoms. The zero-order valence-electron chi connectivity index (χ0n) is 15.3. The number of aliphatic hydroxyl groups excluding tert-OH is 1. The highest BCUT2D eigenvalue weighted by atomic mass is 16.5. The van der Waals surface area contributed by atoms with Crippen LogP contribution in [0.3, 0.4) is 0 Å². The lowest BCUT2D eigenvalue weighted by Crippen LogP contribution is -2.26. The molecule has 6 nitrogen and oxygen atoms in total. The van der Waals surface area contributed by atoms with Crippen LogP contribution in [0.2, 0.25) is 0 Å². The maximum absolute atomic E-state index is 12.2. The monoisotopic (exact) mass is 368 g/mol. The molecule has 2 aromatic rings. The molecule has 1 fully saturated rings. The molecule has 1 saturated carbocycles. The molecular weight excluding hydrogens is 344 g/mol. The normalized spacial score (nSPS) is 17.0. The molecule has 0 aromatic heterocycles. The van der Waals surface area contributed by atoms with Gasteiger partial charge in [-0.1, -0.05) is 36.4 Å². The Labute approximate surface area is 158 Å². The minimum atomic E-state index is -0.356.